The van der Waals surface area contributed by atoms with Gasteiger partial charge >= 0.3 is 0 Å². The van der Waals surface area contributed by atoms with E-state index in [4.69, 9.17) is 11.6 Å². The monoisotopic (exact) mass is 320 g/mol. The van der Waals surface area contributed by atoms with Crippen LogP contribution in [0, 0.1) is 11.8 Å². The van der Waals surface area contributed by atoms with Gasteiger partial charge in [-0.05, 0) is 61.1 Å². The molecule has 2 aliphatic rings. The zero-order valence-corrected chi connectivity index (χ0v) is 15.5. The summed E-state index contributed by atoms with van der Waals surface area (Å²) < 4.78 is 0. The molecule has 0 amide bonds. The van der Waals surface area contributed by atoms with Crippen LogP contribution in [0.15, 0.2) is 24.3 Å². The minimum Gasteiger partial charge on any atom is -0.0843 e. The lowest BCUT2D eigenvalue weighted by Crippen LogP contribution is -2.25. The zero-order valence-electron chi connectivity index (χ0n) is 13.4. The Kier molecular flexibility index (Phi) is 5.45. The van der Waals surface area contributed by atoms with Crippen LogP contribution in [0.25, 0.3) is 0 Å². The molecule has 0 nitrogen and oxygen atoms in total. The lowest BCUT2D eigenvalue weighted by Gasteiger charge is -2.37. The van der Waals surface area contributed by atoms with E-state index in [0.717, 1.165) is 22.8 Å². The molecule has 0 heterocycles. The van der Waals surface area contributed by atoms with Crippen molar-refractivity contribution in [3.05, 3.63) is 34.9 Å². The maximum Gasteiger partial charge on any atom is 0.0406 e. The Bertz CT molecular complexity index is 425. The quantitative estimate of drug-likeness (QED) is 0.616. The first-order valence-electron chi connectivity index (χ1n) is 9.01. The van der Waals surface area contributed by atoms with E-state index in [0.29, 0.717) is 0 Å². The van der Waals surface area contributed by atoms with Crippen LogP contribution in [0.2, 0.25) is 17.1 Å². The molecule has 0 radical (unpaired) electrons. The SMILES string of the molecule is C[SiH2][C@H]1CC[C@H](C2CCC(c3ccc(Cl)cc3)CC2)CC1. The van der Waals surface area contributed by atoms with Gasteiger partial charge in [0.15, 0.2) is 0 Å². The van der Waals surface area contributed by atoms with Gasteiger partial charge in [0.05, 0.1) is 0 Å². The van der Waals surface area contributed by atoms with E-state index >= 15 is 0 Å². The van der Waals surface area contributed by atoms with E-state index < -0.39 is 0 Å². The molecule has 2 saturated carbocycles. The molecule has 0 bridgehead atoms. The van der Waals surface area contributed by atoms with Crippen molar-refractivity contribution in [1.29, 1.82) is 0 Å². The first-order chi connectivity index (χ1) is 10.3. The lowest BCUT2D eigenvalue weighted by atomic mass is 9.70. The second-order valence-electron chi connectivity index (χ2n) is 7.35. The highest BCUT2D eigenvalue weighted by molar-refractivity contribution is 6.35. The minimum absolute atomic E-state index is 0.259. The number of halogens is 1. The highest BCUT2D eigenvalue weighted by atomic mass is 35.5. The Morgan fingerprint density at radius 2 is 1.33 bits per heavy atom. The van der Waals surface area contributed by atoms with Crippen LogP contribution in [0.4, 0.5) is 0 Å². The first-order valence-corrected chi connectivity index (χ1v) is 11.6. The predicted octanol–water partition coefficient (Wildman–Crippen LogP) is 5.81. The summed E-state index contributed by atoms with van der Waals surface area (Å²) in [7, 11) is 0.259. The van der Waals surface area contributed by atoms with Crippen LogP contribution >= 0.6 is 11.6 Å². The average molecular weight is 321 g/mol. The fourth-order valence-corrected chi connectivity index (χ4v) is 6.14. The normalized spacial score (nSPS) is 34.4. The van der Waals surface area contributed by atoms with E-state index in [-0.39, 0.29) is 9.52 Å². The van der Waals surface area contributed by atoms with Gasteiger partial charge in [0.25, 0.3) is 0 Å². The molecule has 0 unspecified atom stereocenters. The van der Waals surface area contributed by atoms with Gasteiger partial charge in [-0.1, -0.05) is 61.5 Å². The van der Waals surface area contributed by atoms with Crippen LogP contribution in [-0.4, -0.2) is 9.52 Å². The molecule has 0 aromatic heterocycles. The molecular formula is C19H29ClSi. The molecule has 0 atom stereocenters. The van der Waals surface area contributed by atoms with E-state index in [9.17, 15) is 0 Å². The number of benzene rings is 1. The maximum absolute atomic E-state index is 6.00. The van der Waals surface area contributed by atoms with Crippen LogP contribution in [-0.2, 0) is 0 Å². The van der Waals surface area contributed by atoms with Crippen LogP contribution in [0.1, 0.15) is 62.8 Å². The molecule has 3 rings (SSSR count). The van der Waals surface area contributed by atoms with Crippen LogP contribution < -0.4 is 0 Å². The molecular weight excluding hydrogens is 292 g/mol. The van der Waals surface area contributed by atoms with E-state index in [1.54, 1.807) is 25.7 Å². The topological polar surface area (TPSA) is 0 Å². The smallest absolute Gasteiger partial charge is 0.0406 e. The Balaban J connectivity index is 1.50. The molecule has 0 spiro atoms. The van der Waals surface area contributed by atoms with E-state index in [1.807, 2.05) is 0 Å². The summed E-state index contributed by atoms with van der Waals surface area (Å²) in [4.78, 5) is 0. The van der Waals surface area contributed by atoms with Gasteiger partial charge in [0.1, 0.15) is 0 Å². The van der Waals surface area contributed by atoms with Gasteiger partial charge in [-0.15, -0.1) is 0 Å². The third-order valence-corrected chi connectivity index (χ3v) is 8.47. The zero-order chi connectivity index (χ0) is 14.7. The fourth-order valence-electron chi connectivity index (χ4n) is 4.73. The summed E-state index contributed by atoms with van der Waals surface area (Å²) >= 11 is 6.00. The lowest BCUT2D eigenvalue weighted by molar-refractivity contribution is 0.186. The third-order valence-electron chi connectivity index (χ3n) is 6.25. The van der Waals surface area contributed by atoms with E-state index in [2.05, 4.69) is 30.8 Å². The van der Waals surface area contributed by atoms with Crippen molar-refractivity contribution in [2.24, 2.45) is 11.8 Å². The van der Waals surface area contributed by atoms with Crippen molar-refractivity contribution in [3.63, 3.8) is 0 Å². The molecule has 1 aromatic rings. The van der Waals surface area contributed by atoms with Crippen molar-refractivity contribution in [2.45, 2.75) is 69.4 Å². The highest BCUT2D eigenvalue weighted by Gasteiger charge is 2.30. The number of rotatable bonds is 3. The number of hydrogen-bond acceptors (Lipinski definition) is 0. The summed E-state index contributed by atoms with van der Waals surface area (Å²) in [5.41, 5.74) is 2.69. The summed E-state index contributed by atoms with van der Waals surface area (Å²) in [5.74, 6) is 2.89. The predicted molar refractivity (Wildman–Crippen MR) is 96.3 cm³/mol. The van der Waals surface area contributed by atoms with E-state index in [1.165, 1.54) is 36.8 Å². The van der Waals surface area contributed by atoms with Crippen molar-refractivity contribution < 1.29 is 0 Å². The highest BCUT2D eigenvalue weighted by Crippen LogP contribution is 2.44. The molecule has 21 heavy (non-hydrogen) atoms. The van der Waals surface area contributed by atoms with Gasteiger partial charge in [-0.25, -0.2) is 0 Å². The van der Waals surface area contributed by atoms with Crippen molar-refractivity contribution in [1.82, 2.24) is 0 Å². The minimum atomic E-state index is 0.259. The molecule has 2 aliphatic carbocycles. The Hall–Kier alpha value is -0.273. The van der Waals surface area contributed by atoms with Crippen LogP contribution in [0.3, 0.4) is 0 Å². The molecule has 0 N–H and O–H groups in total. The maximum atomic E-state index is 6.00. The second kappa shape index (κ2) is 7.33. The fraction of sp³-hybridized carbons (Fsp3) is 0.684. The molecule has 0 saturated heterocycles. The standard InChI is InChI=1S/C19H29ClSi/c1-21-19-12-8-17(9-13-19)15-4-2-14(3-5-15)16-6-10-18(20)11-7-16/h6-7,10-11,14-15,17,19H,2-5,8-9,12-13,21H2,1H3/t14?,15?,17-,19-. The van der Waals surface area contributed by atoms with Gasteiger partial charge in [-0.3, -0.25) is 0 Å². The molecule has 116 valence electrons. The van der Waals surface area contributed by atoms with Gasteiger partial charge in [-0.2, -0.15) is 0 Å². The van der Waals surface area contributed by atoms with Crippen molar-refractivity contribution in [2.75, 3.05) is 0 Å². The largest absolute Gasteiger partial charge is 0.0843 e. The van der Waals surface area contributed by atoms with Gasteiger partial charge in [0.2, 0.25) is 0 Å². The van der Waals surface area contributed by atoms with Crippen molar-refractivity contribution >= 4 is 21.1 Å². The first kappa shape index (κ1) is 15.6. The summed E-state index contributed by atoms with van der Waals surface area (Å²) in [6.45, 7) is 2.50. The van der Waals surface area contributed by atoms with Gasteiger partial charge in [0, 0.05) is 14.5 Å². The summed E-state index contributed by atoms with van der Waals surface area (Å²) in [5, 5.41) is 0.865. The van der Waals surface area contributed by atoms with Crippen LogP contribution in [0.5, 0.6) is 0 Å². The average Bonchev–Trinajstić information content (AvgIpc) is 2.56. The Morgan fingerprint density at radius 3 is 1.86 bits per heavy atom. The summed E-state index contributed by atoms with van der Waals surface area (Å²) in [6, 6.07) is 8.59. The molecule has 1 aromatic carbocycles. The molecule has 0 aliphatic heterocycles. The molecule has 2 fully saturated rings. The van der Waals surface area contributed by atoms with Gasteiger partial charge < -0.3 is 0 Å². The third kappa shape index (κ3) is 3.93. The number of hydrogen-bond donors (Lipinski definition) is 0. The Morgan fingerprint density at radius 1 is 0.810 bits per heavy atom. The van der Waals surface area contributed by atoms with Crippen molar-refractivity contribution in [3.8, 4) is 0 Å². The summed E-state index contributed by atoms with van der Waals surface area (Å²) in [6.07, 6.45) is 11.9. The second-order valence-corrected chi connectivity index (χ2v) is 9.76. The Labute approximate surface area is 137 Å². The molecule has 2 heteroatoms.